The molecule has 88 valence electrons. The molecule has 1 heteroatoms. The van der Waals surface area contributed by atoms with Gasteiger partial charge in [0.1, 0.15) is 0 Å². The fourth-order valence-corrected chi connectivity index (χ4v) is 3.48. The van der Waals surface area contributed by atoms with Gasteiger partial charge in [-0.2, -0.15) is 0 Å². The minimum absolute atomic E-state index is 0.455. The average molecular weight is 233 g/mol. The topological polar surface area (TPSA) is 4.93 Å². The van der Waals surface area contributed by atoms with Crippen LogP contribution in [0.1, 0.15) is 24.1 Å². The molecule has 0 amide bonds. The number of aryl methyl sites for hydroxylation is 1. The molecule has 2 aromatic rings. The van der Waals surface area contributed by atoms with Gasteiger partial charge in [0, 0.05) is 29.6 Å². The maximum absolute atomic E-state index is 2.34. The van der Waals surface area contributed by atoms with E-state index in [4.69, 9.17) is 0 Å². The minimum atomic E-state index is 0.455. The molecule has 0 N–H and O–H groups in total. The molecule has 1 aromatic heterocycles. The Balaban J connectivity index is 2.16. The van der Waals surface area contributed by atoms with Crippen molar-refractivity contribution in [1.29, 1.82) is 0 Å². The summed E-state index contributed by atoms with van der Waals surface area (Å²) in [4.78, 5) is 0. The largest absolute Gasteiger partial charge is 0.344 e. The molecule has 4 rings (SSSR count). The van der Waals surface area contributed by atoms with E-state index in [9.17, 15) is 0 Å². The summed E-state index contributed by atoms with van der Waals surface area (Å²) in [5, 5.41) is 1.40. The Morgan fingerprint density at radius 3 is 2.83 bits per heavy atom. The lowest BCUT2D eigenvalue weighted by molar-refractivity contribution is 0.938. The quantitative estimate of drug-likeness (QED) is 0.643. The van der Waals surface area contributed by atoms with Crippen LogP contribution in [-0.4, -0.2) is 4.57 Å². The maximum atomic E-state index is 2.34. The molecule has 1 atom stereocenters. The maximum Gasteiger partial charge on any atom is 0.0489 e. The molecule has 2 aliphatic rings. The highest BCUT2D eigenvalue weighted by Crippen LogP contribution is 2.48. The molecule has 0 saturated heterocycles. The normalized spacial score (nSPS) is 20.7. The zero-order chi connectivity index (χ0) is 12.3. The molecule has 0 spiro atoms. The second-order valence-corrected chi connectivity index (χ2v) is 5.14. The number of aromatic nitrogens is 1. The number of para-hydroxylation sites is 1. The SMILES string of the molecule is CC1=C2C=CC=CC2c2c1n(C)c1ccccc21. The van der Waals surface area contributed by atoms with E-state index in [2.05, 4.69) is 67.1 Å². The Morgan fingerprint density at radius 1 is 1.11 bits per heavy atom. The number of benzene rings is 1. The number of nitrogens with zero attached hydrogens (tertiary/aromatic N) is 1. The lowest BCUT2D eigenvalue weighted by Crippen LogP contribution is -1.95. The summed E-state index contributed by atoms with van der Waals surface area (Å²) in [6.07, 6.45) is 8.88. The Bertz CT molecular complexity index is 753. The van der Waals surface area contributed by atoms with Crippen LogP contribution in [0.4, 0.5) is 0 Å². The molecule has 0 radical (unpaired) electrons. The predicted molar refractivity (Wildman–Crippen MR) is 76.5 cm³/mol. The van der Waals surface area contributed by atoms with E-state index in [1.54, 1.807) is 0 Å². The molecular weight excluding hydrogens is 218 g/mol. The lowest BCUT2D eigenvalue weighted by atomic mass is 9.91. The van der Waals surface area contributed by atoms with Gasteiger partial charge in [0.2, 0.25) is 0 Å². The average Bonchev–Trinajstić information content (AvgIpc) is 2.87. The smallest absolute Gasteiger partial charge is 0.0489 e. The summed E-state index contributed by atoms with van der Waals surface area (Å²) in [6.45, 7) is 2.25. The summed E-state index contributed by atoms with van der Waals surface area (Å²) in [7, 11) is 2.18. The molecule has 1 heterocycles. The van der Waals surface area contributed by atoms with Crippen LogP contribution in [0.3, 0.4) is 0 Å². The van der Waals surface area contributed by atoms with Gasteiger partial charge in [-0.25, -0.2) is 0 Å². The highest BCUT2D eigenvalue weighted by Gasteiger charge is 2.31. The lowest BCUT2D eigenvalue weighted by Gasteiger charge is -2.12. The Hall–Kier alpha value is -2.02. The molecule has 0 aliphatic heterocycles. The second kappa shape index (κ2) is 3.26. The van der Waals surface area contributed by atoms with Gasteiger partial charge in [0.05, 0.1) is 0 Å². The molecular formula is C17H15N. The number of hydrogen-bond acceptors (Lipinski definition) is 0. The third kappa shape index (κ3) is 1.02. The molecule has 1 aromatic carbocycles. The summed E-state index contributed by atoms with van der Waals surface area (Å²) in [6, 6.07) is 8.71. The summed E-state index contributed by atoms with van der Waals surface area (Å²) in [5.74, 6) is 0.455. The van der Waals surface area contributed by atoms with E-state index in [1.165, 1.54) is 33.3 Å². The molecule has 2 aliphatic carbocycles. The highest BCUT2D eigenvalue weighted by molar-refractivity contribution is 5.96. The fraction of sp³-hybridized carbons (Fsp3) is 0.176. The van der Waals surface area contributed by atoms with Crippen LogP contribution in [-0.2, 0) is 7.05 Å². The van der Waals surface area contributed by atoms with Gasteiger partial charge in [-0.05, 0) is 29.7 Å². The molecule has 1 nitrogen and oxygen atoms in total. The van der Waals surface area contributed by atoms with Crippen LogP contribution in [0.2, 0.25) is 0 Å². The number of rotatable bonds is 0. The van der Waals surface area contributed by atoms with Crippen LogP contribution in [0.25, 0.3) is 16.5 Å². The van der Waals surface area contributed by atoms with Crippen LogP contribution < -0.4 is 0 Å². The zero-order valence-corrected chi connectivity index (χ0v) is 10.6. The van der Waals surface area contributed by atoms with Crippen molar-refractivity contribution >= 4 is 16.5 Å². The van der Waals surface area contributed by atoms with Crippen LogP contribution in [0.5, 0.6) is 0 Å². The van der Waals surface area contributed by atoms with Crippen molar-refractivity contribution in [3.8, 4) is 0 Å². The predicted octanol–water partition coefficient (Wildman–Crippen LogP) is 4.18. The summed E-state index contributed by atoms with van der Waals surface area (Å²) < 4.78 is 2.34. The van der Waals surface area contributed by atoms with Crippen molar-refractivity contribution in [2.24, 2.45) is 7.05 Å². The summed E-state index contributed by atoms with van der Waals surface area (Å²) >= 11 is 0. The van der Waals surface area contributed by atoms with Gasteiger partial charge in [-0.3, -0.25) is 0 Å². The van der Waals surface area contributed by atoms with E-state index in [0.717, 1.165) is 0 Å². The fourth-order valence-electron chi connectivity index (χ4n) is 3.48. The third-order valence-electron chi connectivity index (χ3n) is 4.27. The molecule has 0 bridgehead atoms. The van der Waals surface area contributed by atoms with Crippen LogP contribution >= 0.6 is 0 Å². The van der Waals surface area contributed by atoms with Gasteiger partial charge < -0.3 is 4.57 Å². The van der Waals surface area contributed by atoms with Crippen LogP contribution in [0, 0.1) is 0 Å². The first-order chi connectivity index (χ1) is 8.79. The van der Waals surface area contributed by atoms with Crippen LogP contribution in [0.15, 0.2) is 54.1 Å². The molecule has 18 heavy (non-hydrogen) atoms. The molecule has 0 saturated carbocycles. The van der Waals surface area contributed by atoms with E-state index < -0.39 is 0 Å². The standard InChI is InChI=1S/C17H15N/c1-11-12-7-3-4-8-13(12)16-14-9-5-6-10-15(14)18(2)17(11)16/h3-10,13H,1-2H3. The summed E-state index contributed by atoms with van der Waals surface area (Å²) in [5.41, 5.74) is 7.12. The minimum Gasteiger partial charge on any atom is -0.344 e. The van der Waals surface area contributed by atoms with Crippen molar-refractivity contribution in [3.05, 3.63) is 65.4 Å². The third-order valence-corrected chi connectivity index (χ3v) is 4.27. The number of hydrogen-bond donors (Lipinski definition) is 0. The van der Waals surface area contributed by atoms with E-state index in [0.29, 0.717) is 5.92 Å². The molecule has 1 unspecified atom stereocenters. The number of fused-ring (bicyclic) bond motifs is 5. The van der Waals surface area contributed by atoms with Gasteiger partial charge in [-0.1, -0.05) is 42.5 Å². The van der Waals surface area contributed by atoms with Gasteiger partial charge in [0.15, 0.2) is 0 Å². The van der Waals surface area contributed by atoms with Crippen molar-refractivity contribution in [2.75, 3.05) is 0 Å². The van der Waals surface area contributed by atoms with E-state index >= 15 is 0 Å². The highest BCUT2D eigenvalue weighted by atomic mass is 15.0. The van der Waals surface area contributed by atoms with Crippen molar-refractivity contribution in [3.63, 3.8) is 0 Å². The first kappa shape index (κ1) is 9.95. The van der Waals surface area contributed by atoms with Gasteiger partial charge in [0.25, 0.3) is 0 Å². The van der Waals surface area contributed by atoms with Gasteiger partial charge in [-0.15, -0.1) is 0 Å². The van der Waals surface area contributed by atoms with Gasteiger partial charge >= 0.3 is 0 Å². The van der Waals surface area contributed by atoms with Crippen molar-refractivity contribution < 1.29 is 0 Å². The zero-order valence-electron chi connectivity index (χ0n) is 10.6. The number of allylic oxidation sites excluding steroid dienone is 6. The first-order valence-electron chi connectivity index (χ1n) is 6.42. The first-order valence-corrected chi connectivity index (χ1v) is 6.42. The Kier molecular flexibility index (Phi) is 1.80. The van der Waals surface area contributed by atoms with Crippen molar-refractivity contribution in [2.45, 2.75) is 12.8 Å². The monoisotopic (exact) mass is 233 g/mol. The second-order valence-electron chi connectivity index (χ2n) is 5.14. The van der Waals surface area contributed by atoms with Crippen molar-refractivity contribution in [1.82, 2.24) is 4.57 Å². The Morgan fingerprint density at radius 2 is 1.94 bits per heavy atom. The Labute approximate surface area is 107 Å². The van der Waals surface area contributed by atoms with E-state index in [-0.39, 0.29) is 0 Å². The molecule has 0 fully saturated rings. The van der Waals surface area contributed by atoms with E-state index in [1.807, 2.05) is 0 Å².